The first-order chi connectivity index (χ1) is 30.6. The summed E-state index contributed by atoms with van der Waals surface area (Å²) in [5.74, 6) is 0. The molecule has 10 rings (SSSR count). The van der Waals surface area contributed by atoms with E-state index in [4.69, 9.17) is 19.5 Å². The quantitative estimate of drug-likeness (QED) is 0.175. The van der Waals surface area contributed by atoms with Crippen molar-refractivity contribution in [2.45, 2.75) is 0 Å². The van der Waals surface area contributed by atoms with E-state index in [0.717, 1.165) is 16.5 Å². The number of hydrogen-bond donors (Lipinski definition) is 0. The Morgan fingerprint density at radius 2 is 0.898 bits per heavy atom. The molecule has 49 heavy (non-hydrogen) atoms. The van der Waals surface area contributed by atoms with E-state index in [1.54, 1.807) is 12.1 Å². The van der Waals surface area contributed by atoms with Gasteiger partial charge in [-0.3, -0.25) is 0 Å². The van der Waals surface area contributed by atoms with Gasteiger partial charge in [-0.25, -0.2) is 0 Å². The Morgan fingerprint density at radius 3 is 1.57 bits per heavy atom. The summed E-state index contributed by atoms with van der Waals surface area (Å²) < 4.78 is 140. The minimum atomic E-state index is -0.589. The van der Waals surface area contributed by atoms with Crippen molar-refractivity contribution in [2.75, 3.05) is 0 Å². The van der Waals surface area contributed by atoms with E-state index in [9.17, 15) is 5.48 Å². The Labute approximate surface area is 305 Å². The van der Waals surface area contributed by atoms with E-state index in [-0.39, 0.29) is 60.1 Å². The van der Waals surface area contributed by atoms with E-state index in [2.05, 4.69) is 0 Å². The minimum absolute atomic E-state index is 0.0109. The third-order valence-electron chi connectivity index (χ3n) is 8.97. The molecule has 0 unspecified atom stereocenters. The lowest BCUT2D eigenvalue weighted by Gasteiger charge is -2.18. The summed E-state index contributed by atoms with van der Waals surface area (Å²) in [5.41, 5.74) is 3.54. The fourth-order valence-corrected chi connectivity index (χ4v) is 6.77. The summed E-state index contributed by atoms with van der Waals surface area (Å²) in [7, 11) is 0. The molecule has 1 nitrogen and oxygen atoms in total. The van der Waals surface area contributed by atoms with Gasteiger partial charge < -0.3 is 4.42 Å². The number of furan rings is 1. The van der Waals surface area contributed by atoms with Crippen molar-refractivity contribution in [1.82, 2.24) is 0 Å². The number of hydrogen-bond acceptors (Lipinski definition) is 1. The molecule has 0 saturated carbocycles. The van der Waals surface area contributed by atoms with Gasteiger partial charge in [-0.2, -0.15) is 0 Å². The van der Waals surface area contributed by atoms with Crippen LogP contribution in [-0.4, -0.2) is 0 Å². The van der Waals surface area contributed by atoms with Crippen molar-refractivity contribution in [3.63, 3.8) is 0 Å². The lowest BCUT2D eigenvalue weighted by Crippen LogP contribution is -1.91. The average molecular weight is 638 g/mol. The van der Waals surface area contributed by atoms with E-state index < -0.39 is 90.6 Å². The first kappa shape index (κ1) is 16.6. The molecule has 10 aromatic rings. The van der Waals surface area contributed by atoms with E-state index in [0.29, 0.717) is 22.1 Å². The van der Waals surface area contributed by atoms with Gasteiger partial charge in [0.25, 0.3) is 0 Å². The van der Waals surface area contributed by atoms with Crippen molar-refractivity contribution in [1.29, 1.82) is 0 Å². The molecule has 0 bridgehead atoms. The summed E-state index contributed by atoms with van der Waals surface area (Å²) in [4.78, 5) is 0. The topological polar surface area (TPSA) is 13.1 Å². The van der Waals surface area contributed by atoms with Crippen LogP contribution in [0.25, 0.3) is 98.8 Å². The molecular formula is C48H30O. The minimum Gasteiger partial charge on any atom is -0.455 e. The zero-order valence-electron chi connectivity index (χ0n) is 40.6. The van der Waals surface area contributed by atoms with Gasteiger partial charge in [-0.1, -0.05) is 176 Å². The van der Waals surface area contributed by atoms with Crippen LogP contribution in [0.1, 0.15) is 20.6 Å². The van der Waals surface area contributed by atoms with Crippen molar-refractivity contribution in [3.8, 4) is 44.5 Å². The number of benzene rings is 9. The Balaban J connectivity index is 1.32. The smallest absolute Gasteiger partial charge is 0.143 e. The van der Waals surface area contributed by atoms with Gasteiger partial charge >= 0.3 is 0 Å². The highest BCUT2D eigenvalue weighted by molar-refractivity contribution is 6.24. The van der Waals surface area contributed by atoms with Gasteiger partial charge in [0.15, 0.2) is 0 Å². The molecule has 0 N–H and O–H groups in total. The van der Waals surface area contributed by atoms with E-state index >= 15 is 0 Å². The Morgan fingerprint density at radius 1 is 0.347 bits per heavy atom. The second kappa shape index (κ2) is 11.1. The lowest BCUT2D eigenvalue weighted by atomic mass is 9.85. The summed E-state index contributed by atoms with van der Waals surface area (Å²) in [6.45, 7) is 0. The molecule has 0 saturated heterocycles. The lowest BCUT2D eigenvalue weighted by molar-refractivity contribution is 0.671. The van der Waals surface area contributed by atoms with Crippen LogP contribution in [0.5, 0.6) is 0 Å². The summed E-state index contributed by atoms with van der Waals surface area (Å²) >= 11 is 0. The molecule has 1 heterocycles. The highest BCUT2D eigenvalue weighted by Gasteiger charge is 2.21. The maximum absolute atomic E-state index is 9.45. The first-order valence-electron chi connectivity index (χ1n) is 23.1. The van der Waals surface area contributed by atoms with Crippen LogP contribution >= 0.6 is 0 Å². The molecule has 0 aliphatic rings. The third kappa shape index (κ3) is 4.40. The Kier molecular flexibility index (Phi) is 3.75. The van der Waals surface area contributed by atoms with Gasteiger partial charge in [-0.15, -0.1) is 0 Å². The highest BCUT2D eigenvalue weighted by atomic mass is 16.3. The SMILES string of the molecule is [2H]c1c([2H])c([2H])c2c([2H])c(-c3ccc(-c4c5c([2H])c([2H])c([2H])c([2H])c5c(-c5cccc6c5oc5c(-c7ccccc7)cccc56)c5c([2H])c([2H])c([2H])c([2H])c45)cc3)c([2H])c([2H])c2c1[2H]. The highest BCUT2D eigenvalue weighted by Crippen LogP contribution is 2.47. The molecule has 0 atom stereocenters. The predicted octanol–water partition coefficient (Wildman–Crippen LogP) is 13.7. The van der Waals surface area contributed by atoms with Crippen LogP contribution in [0.4, 0.5) is 0 Å². The number of para-hydroxylation sites is 2. The molecule has 1 heteroatoms. The van der Waals surface area contributed by atoms with Crippen molar-refractivity contribution in [3.05, 3.63) is 182 Å². The second-order valence-corrected chi connectivity index (χ2v) is 11.7. The van der Waals surface area contributed by atoms with Crippen LogP contribution < -0.4 is 0 Å². The monoisotopic (exact) mass is 637 g/mol. The van der Waals surface area contributed by atoms with Crippen LogP contribution in [0.15, 0.2) is 186 Å². The van der Waals surface area contributed by atoms with Gasteiger partial charge in [0.1, 0.15) is 11.2 Å². The molecule has 0 aliphatic heterocycles. The Hall–Kier alpha value is -6.44. The average Bonchev–Trinajstić information content (AvgIpc) is 3.70. The predicted molar refractivity (Wildman–Crippen MR) is 208 cm³/mol. The normalized spacial score (nSPS) is 16.0. The maximum Gasteiger partial charge on any atom is 0.143 e. The molecule has 0 amide bonds. The Bertz CT molecular complexity index is 3630. The number of fused-ring (bicyclic) bond motifs is 6. The molecule has 1 aromatic heterocycles. The van der Waals surface area contributed by atoms with Gasteiger partial charge in [0.05, 0.1) is 20.6 Å². The van der Waals surface area contributed by atoms with Gasteiger partial charge in [0.2, 0.25) is 0 Å². The fourth-order valence-electron chi connectivity index (χ4n) is 6.77. The van der Waals surface area contributed by atoms with Crippen LogP contribution in [0.2, 0.25) is 0 Å². The van der Waals surface area contributed by atoms with Crippen molar-refractivity contribution < 1.29 is 25.0 Å². The zero-order chi connectivity index (χ0) is 45.4. The molecule has 0 fully saturated rings. The molecule has 228 valence electrons. The van der Waals surface area contributed by atoms with E-state index in [1.165, 1.54) is 24.3 Å². The third-order valence-corrected chi connectivity index (χ3v) is 8.97. The summed E-state index contributed by atoms with van der Waals surface area (Å²) in [6, 6.07) is 19.2. The standard InChI is InChI=1S/C48H30O/c1-2-13-33(14-3-1)37-20-10-21-42-43-22-11-23-44(48(43)49-47(37)42)46-40-18-8-6-16-38(40)45(39-17-7-9-19-41(39)46)34-27-24-32(25-28-34)36-29-26-31-12-4-5-15-35(31)30-36/h1-30H/i4D,5D,6D,7D,8D,9D,12D,15D,16D,17D,18D,19D,26D,29D,30D. The fraction of sp³-hybridized carbons (Fsp3) is 0. The van der Waals surface area contributed by atoms with Crippen LogP contribution in [0, 0.1) is 0 Å². The largest absolute Gasteiger partial charge is 0.455 e. The maximum atomic E-state index is 9.45. The summed E-state index contributed by atoms with van der Waals surface area (Å²) in [5, 5.41) is 0.896. The molecule has 0 radical (unpaired) electrons. The zero-order valence-corrected chi connectivity index (χ0v) is 25.6. The van der Waals surface area contributed by atoms with Crippen LogP contribution in [-0.2, 0) is 0 Å². The van der Waals surface area contributed by atoms with Crippen molar-refractivity contribution >= 4 is 54.3 Å². The van der Waals surface area contributed by atoms with Crippen molar-refractivity contribution in [2.24, 2.45) is 0 Å². The van der Waals surface area contributed by atoms with Crippen LogP contribution in [0.3, 0.4) is 0 Å². The molecule has 9 aromatic carbocycles. The van der Waals surface area contributed by atoms with Gasteiger partial charge in [0, 0.05) is 27.5 Å². The number of rotatable bonds is 4. The van der Waals surface area contributed by atoms with E-state index in [1.807, 2.05) is 54.6 Å². The van der Waals surface area contributed by atoms with Gasteiger partial charge in [-0.05, 0) is 66.2 Å². The molecule has 0 spiro atoms. The first-order valence-corrected chi connectivity index (χ1v) is 15.6. The summed E-state index contributed by atoms with van der Waals surface area (Å²) in [6.07, 6.45) is 0. The molecular weight excluding hydrogens is 593 g/mol. The molecule has 0 aliphatic carbocycles. The second-order valence-electron chi connectivity index (χ2n) is 11.7.